The highest BCUT2D eigenvalue weighted by Crippen LogP contribution is 2.33. The van der Waals surface area contributed by atoms with Gasteiger partial charge in [-0.2, -0.15) is 0 Å². The predicted molar refractivity (Wildman–Crippen MR) is 152 cm³/mol. The first-order chi connectivity index (χ1) is 17.9. The fourth-order valence-electron chi connectivity index (χ4n) is 4.57. The number of benzene rings is 2. The average molecular weight is 605 g/mol. The van der Waals surface area contributed by atoms with Gasteiger partial charge in [0.1, 0.15) is 18.3 Å². The van der Waals surface area contributed by atoms with Gasteiger partial charge in [-0.15, -0.1) is 0 Å². The van der Waals surface area contributed by atoms with Crippen molar-refractivity contribution in [3.63, 3.8) is 0 Å². The lowest BCUT2D eigenvalue weighted by Gasteiger charge is -2.33. The molecule has 2 amide bonds. The third kappa shape index (κ3) is 7.68. The summed E-state index contributed by atoms with van der Waals surface area (Å²) in [7, 11) is -2.55. The molecule has 1 aliphatic carbocycles. The number of anilines is 1. The number of carbonyl (C=O) groups is 2. The maximum absolute atomic E-state index is 13.9. The Morgan fingerprint density at radius 1 is 1.08 bits per heavy atom. The van der Waals surface area contributed by atoms with Crippen LogP contribution >= 0.6 is 34.8 Å². The van der Waals surface area contributed by atoms with Crippen LogP contribution in [-0.2, 0) is 26.2 Å². The number of carbonyl (C=O) groups excluding carboxylic acids is 2. The molecule has 0 heterocycles. The molecule has 12 heteroatoms. The molecule has 0 saturated heterocycles. The summed E-state index contributed by atoms with van der Waals surface area (Å²) in [6.45, 7) is 1.27. The normalized spacial score (nSPS) is 14.7. The molecule has 0 spiro atoms. The van der Waals surface area contributed by atoms with Gasteiger partial charge in [0.05, 0.1) is 29.1 Å². The lowest BCUT2D eigenvalue weighted by Crippen LogP contribution is -2.53. The van der Waals surface area contributed by atoms with Gasteiger partial charge >= 0.3 is 0 Å². The van der Waals surface area contributed by atoms with E-state index in [9.17, 15) is 18.0 Å². The molecular formula is C26H32Cl3N3O5S. The van der Waals surface area contributed by atoms with Gasteiger partial charge < -0.3 is 15.0 Å². The standard InChI is InChI=1S/C26H32Cl3N3O5S/c1-4-22(26(34)30-19-7-5-6-8-19)31(15-17-9-11-20(28)21(29)13-17)25(33)16-32(38(3,35)36)23-14-18(27)10-12-24(23)37-2/h9-14,19,22H,4-8,15-16H2,1-3H3,(H,30,34). The Kier molecular flexibility index (Phi) is 10.6. The molecule has 0 aromatic heterocycles. The molecule has 208 valence electrons. The second-order valence-electron chi connectivity index (χ2n) is 9.27. The highest BCUT2D eigenvalue weighted by Gasteiger charge is 2.33. The lowest BCUT2D eigenvalue weighted by molar-refractivity contribution is -0.140. The van der Waals surface area contributed by atoms with E-state index >= 15 is 0 Å². The number of rotatable bonds is 11. The molecule has 0 aliphatic heterocycles. The molecule has 1 fully saturated rings. The van der Waals surface area contributed by atoms with Crippen molar-refractivity contribution in [3.8, 4) is 5.75 Å². The first-order valence-corrected chi connectivity index (χ1v) is 15.3. The Hall–Kier alpha value is -2.20. The van der Waals surface area contributed by atoms with Gasteiger partial charge in [0.15, 0.2) is 0 Å². The molecule has 1 atom stereocenters. The second kappa shape index (κ2) is 13.2. The fraction of sp³-hybridized carbons (Fsp3) is 0.462. The number of hydrogen-bond donors (Lipinski definition) is 1. The number of ether oxygens (including phenoxy) is 1. The van der Waals surface area contributed by atoms with Gasteiger partial charge in [0.2, 0.25) is 21.8 Å². The third-order valence-corrected chi connectivity index (χ3v) is 8.61. The maximum Gasteiger partial charge on any atom is 0.244 e. The first-order valence-electron chi connectivity index (χ1n) is 12.3. The number of nitrogens with zero attached hydrogens (tertiary/aromatic N) is 2. The Balaban J connectivity index is 1.99. The summed E-state index contributed by atoms with van der Waals surface area (Å²) in [5.74, 6) is -0.620. The molecule has 8 nitrogen and oxygen atoms in total. The third-order valence-electron chi connectivity index (χ3n) is 6.51. The molecule has 0 radical (unpaired) electrons. The highest BCUT2D eigenvalue weighted by atomic mass is 35.5. The second-order valence-corrected chi connectivity index (χ2v) is 12.4. The molecule has 1 aliphatic rings. The summed E-state index contributed by atoms with van der Waals surface area (Å²) in [6, 6.07) is 8.68. The van der Waals surface area contributed by atoms with Gasteiger partial charge in [-0.3, -0.25) is 13.9 Å². The van der Waals surface area contributed by atoms with E-state index in [-0.39, 0.29) is 35.0 Å². The highest BCUT2D eigenvalue weighted by molar-refractivity contribution is 7.92. The quantitative estimate of drug-likeness (QED) is 0.376. The molecule has 3 rings (SSSR count). The van der Waals surface area contributed by atoms with E-state index < -0.39 is 28.5 Å². The number of amides is 2. The summed E-state index contributed by atoms with van der Waals surface area (Å²) >= 11 is 18.4. The van der Waals surface area contributed by atoms with Crippen LogP contribution in [0.25, 0.3) is 0 Å². The number of hydrogen-bond acceptors (Lipinski definition) is 5. The summed E-state index contributed by atoms with van der Waals surface area (Å²) in [5.41, 5.74) is 0.764. The summed E-state index contributed by atoms with van der Waals surface area (Å²) in [6.07, 6.45) is 5.18. The number of nitrogens with one attached hydrogen (secondary N) is 1. The topological polar surface area (TPSA) is 96.0 Å². The van der Waals surface area contributed by atoms with Crippen LogP contribution in [0.1, 0.15) is 44.6 Å². The van der Waals surface area contributed by atoms with E-state index in [0.29, 0.717) is 22.0 Å². The zero-order valence-electron chi connectivity index (χ0n) is 21.5. The lowest BCUT2D eigenvalue weighted by atomic mass is 10.1. The first kappa shape index (κ1) is 30.3. The van der Waals surface area contributed by atoms with Crippen molar-refractivity contribution in [2.24, 2.45) is 0 Å². The van der Waals surface area contributed by atoms with Crippen molar-refractivity contribution in [2.45, 2.75) is 57.7 Å². The van der Waals surface area contributed by atoms with Crippen molar-refractivity contribution < 1.29 is 22.7 Å². The minimum Gasteiger partial charge on any atom is -0.495 e. The van der Waals surface area contributed by atoms with Crippen molar-refractivity contribution in [2.75, 3.05) is 24.2 Å². The van der Waals surface area contributed by atoms with Crippen LogP contribution in [0.2, 0.25) is 15.1 Å². The average Bonchev–Trinajstić information content (AvgIpc) is 3.36. The van der Waals surface area contributed by atoms with E-state index in [1.54, 1.807) is 24.3 Å². The largest absolute Gasteiger partial charge is 0.495 e. The molecule has 0 bridgehead atoms. The zero-order valence-corrected chi connectivity index (χ0v) is 24.6. The Bertz CT molecular complexity index is 1270. The van der Waals surface area contributed by atoms with E-state index in [4.69, 9.17) is 39.5 Å². The molecular weight excluding hydrogens is 573 g/mol. The van der Waals surface area contributed by atoms with Gasteiger partial charge in [-0.25, -0.2) is 8.42 Å². The summed E-state index contributed by atoms with van der Waals surface area (Å²) < 4.78 is 32.0. The van der Waals surface area contributed by atoms with Gasteiger partial charge in [0, 0.05) is 17.6 Å². The van der Waals surface area contributed by atoms with Crippen LogP contribution in [0, 0.1) is 0 Å². The van der Waals surface area contributed by atoms with Crippen molar-refractivity contribution in [3.05, 3.63) is 57.0 Å². The van der Waals surface area contributed by atoms with Crippen molar-refractivity contribution in [1.82, 2.24) is 10.2 Å². The minimum atomic E-state index is -3.94. The Morgan fingerprint density at radius 2 is 1.76 bits per heavy atom. The van der Waals surface area contributed by atoms with Gasteiger partial charge in [-0.05, 0) is 55.2 Å². The molecule has 1 saturated carbocycles. The number of methoxy groups -OCH3 is 1. The smallest absolute Gasteiger partial charge is 0.244 e. The fourth-order valence-corrected chi connectivity index (χ4v) is 5.91. The van der Waals surface area contributed by atoms with Gasteiger partial charge in [-0.1, -0.05) is 60.6 Å². The van der Waals surface area contributed by atoms with Crippen LogP contribution in [0.15, 0.2) is 36.4 Å². The zero-order chi connectivity index (χ0) is 28.0. The number of sulfonamides is 1. The molecule has 1 N–H and O–H groups in total. The Morgan fingerprint density at radius 3 is 2.34 bits per heavy atom. The molecule has 2 aromatic carbocycles. The van der Waals surface area contributed by atoms with Crippen LogP contribution in [0.3, 0.4) is 0 Å². The predicted octanol–water partition coefficient (Wildman–Crippen LogP) is 5.29. The van der Waals surface area contributed by atoms with Crippen LogP contribution in [0.5, 0.6) is 5.75 Å². The molecule has 38 heavy (non-hydrogen) atoms. The molecule has 2 aromatic rings. The van der Waals surface area contributed by atoms with Crippen molar-refractivity contribution >= 4 is 62.3 Å². The van der Waals surface area contributed by atoms with Crippen LogP contribution < -0.4 is 14.4 Å². The number of halogens is 3. The van der Waals surface area contributed by atoms with E-state index in [1.807, 2.05) is 6.92 Å². The molecule has 1 unspecified atom stereocenters. The van der Waals surface area contributed by atoms with E-state index in [0.717, 1.165) is 36.2 Å². The summed E-state index contributed by atoms with van der Waals surface area (Å²) in [4.78, 5) is 28.6. The van der Waals surface area contributed by atoms with Crippen LogP contribution in [-0.4, -0.2) is 57.1 Å². The van der Waals surface area contributed by atoms with E-state index in [1.165, 1.54) is 24.1 Å². The Labute approximate surface area is 239 Å². The van der Waals surface area contributed by atoms with E-state index in [2.05, 4.69) is 5.32 Å². The monoisotopic (exact) mass is 603 g/mol. The minimum absolute atomic E-state index is 0.0244. The maximum atomic E-state index is 13.9. The summed E-state index contributed by atoms with van der Waals surface area (Å²) in [5, 5.41) is 4.00. The van der Waals surface area contributed by atoms with Crippen molar-refractivity contribution in [1.29, 1.82) is 0 Å². The SMILES string of the molecule is CCC(C(=O)NC1CCCC1)N(Cc1ccc(Cl)c(Cl)c1)C(=O)CN(c1cc(Cl)ccc1OC)S(C)(=O)=O. The van der Waals surface area contributed by atoms with Crippen LogP contribution in [0.4, 0.5) is 5.69 Å². The van der Waals surface area contributed by atoms with Gasteiger partial charge in [0.25, 0.3) is 0 Å².